The zero-order valence-corrected chi connectivity index (χ0v) is 14.5. The van der Waals surface area contributed by atoms with E-state index in [2.05, 4.69) is 10.4 Å². The van der Waals surface area contributed by atoms with E-state index < -0.39 is 17.8 Å². The van der Waals surface area contributed by atoms with Gasteiger partial charge in [-0.05, 0) is 42.5 Å². The number of hydrogen-bond donors (Lipinski definition) is 1. The number of nitrogens with zero attached hydrogens (tertiary/aromatic N) is 2. The molecule has 0 aliphatic heterocycles. The zero-order chi connectivity index (χ0) is 20.3. The van der Waals surface area contributed by atoms with Crippen LogP contribution in [-0.4, -0.2) is 21.7 Å². The van der Waals surface area contributed by atoms with E-state index in [1.165, 1.54) is 43.5 Å². The van der Waals surface area contributed by atoms with E-state index in [9.17, 15) is 22.8 Å². The highest BCUT2D eigenvalue weighted by Crippen LogP contribution is 2.28. The summed E-state index contributed by atoms with van der Waals surface area (Å²) >= 11 is 0. The number of para-hydroxylation sites is 2. The summed E-state index contributed by atoms with van der Waals surface area (Å²) in [5.74, 6) is -0.820. The number of ether oxygens (including phenoxy) is 1. The predicted molar refractivity (Wildman–Crippen MR) is 94.3 cm³/mol. The van der Waals surface area contributed by atoms with Gasteiger partial charge in [-0.1, -0.05) is 12.1 Å². The van der Waals surface area contributed by atoms with Crippen molar-refractivity contribution in [1.29, 1.82) is 0 Å². The molecule has 144 valence electrons. The molecule has 2 aromatic carbocycles. The number of carbonyl (C=O) groups is 2. The van der Waals surface area contributed by atoms with Crippen molar-refractivity contribution in [1.82, 2.24) is 9.78 Å². The normalized spacial score (nSPS) is 11.1. The summed E-state index contributed by atoms with van der Waals surface area (Å²) in [7, 11) is 0. The van der Waals surface area contributed by atoms with Gasteiger partial charge in [0, 0.05) is 13.1 Å². The van der Waals surface area contributed by atoms with Gasteiger partial charge < -0.3 is 10.1 Å². The number of anilines is 1. The molecule has 1 N–H and O–H groups in total. The smallest absolute Gasteiger partial charge is 0.421 e. The predicted octanol–water partition coefficient (Wildman–Crippen LogP) is 4.07. The van der Waals surface area contributed by atoms with Crippen LogP contribution in [0.2, 0.25) is 0 Å². The second kappa shape index (κ2) is 7.55. The number of alkyl halides is 3. The fraction of sp³-hybridized carbons (Fsp3) is 0.105. The minimum absolute atomic E-state index is 0.175. The molecule has 1 amide bonds. The highest BCUT2D eigenvalue weighted by Gasteiger charge is 2.33. The number of amides is 1. The molecule has 28 heavy (non-hydrogen) atoms. The Labute approximate surface area is 157 Å². The molecular formula is C19H14F3N3O3. The van der Waals surface area contributed by atoms with Gasteiger partial charge in [0.15, 0.2) is 11.4 Å². The van der Waals surface area contributed by atoms with Crippen molar-refractivity contribution in [2.45, 2.75) is 13.1 Å². The molecule has 0 saturated carbocycles. The van der Waals surface area contributed by atoms with E-state index in [0.717, 1.165) is 10.7 Å². The minimum atomic E-state index is -4.53. The zero-order valence-electron chi connectivity index (χ0n) is 14.5. The summed E-state index contributed by atoms with van der Waals surface area (Å²) in [6.45, 7) is 1.33. The third kappa shape index (κ3) is 4.37. The molecule has 1 aromatic heterocycles. The molecule has 0 bridgehead atoms. The Morgan fingerprint density at radius 1 is 1.04 bits per heavy atom. The van der Waals surface area contributed by atoms with E-state index in [0.29, 0.717) is 11.4 Å². The molecule has 9 heteroatoms. The average molecular weight is 389 g/mol. The van der Waals surface area contributed by atoms with Crippen molar-refractivity contribution in [3.63, 3.8) is 0 Å². The number of esters is 1. The Hall–Kier alpha value is -3.62. The molecule has 0 spiro atoms. The van der Waals surface area contributed by atoms with E-state index in [-0.39, 0.29) is 17.2 Å². The minimum Gasteiger partial charge on any atom is -0.421 e. The van der Waals surface area contributed by atoms with E-state index in [1.54, 1.807) is 18.2 Å². The number of hydrogen-bond acceptors (Lipinski definition) is 4. The van der Waals surface area contributed by atoms with Crippen molar-refractivity contribution in [3.05, 3.63) is 72.1 Å². The SMILES string of the molecule is CC(=O)Nc1ccccc1OC(=O)c1ccc(-n2ccc(C(F)(F)F)n2)cc1. The Bertz CT molecular complexity index is 1010. The monoisotopic (exact) mass is 389 g/mol. The number of benzene rings is 2. The Balaban J connectivity index is 1.76. The maximum atomic E-state index is 12.6. The fourth-order valence-electron chi connectivity index (χ4n) is 2.38. The number of aromatic nitrogens is 2. The second-order valence-electron chi connectivity index (χ2n) is 5.76. The first kappa shape index (κ1) is 19.2. The molecule has 0 atom stereocenters. The van der Waals surface area contributed by atoms with Gasteiger partial charge in [-0.25, -0.2) is 9.48 Å². The first-order valence-corrected chi connectivity index (χ1v) is 8.06. The van der Waals surface area contributed by atoms with Crippen LogP contribution in [0.4, 0.5) is 18.9 Å². The van der Waals surface area contributed by atoms with Gasteiger partial charge in [0.2, 0.25) is 5.91 Å². The van der Waals surface area contributed by atoms with Crippen molar-refractivity contribution >= 4 is 17.6 Å². The first-order valence-electron chi connectivity index (χ1n) is 8.06. The molecule has 3 aromatic rings. The van der Waals surface area contributed by atoms with Gasteiger partial charge in [-0.3, -0.25) is 4.79 Å². The fourth-order valence-corrected chi connectivity index (χ4v) is 2.38. The van der Waals surface area contributed by atoms with Crippen LogP contribution in [0, 0.1) is 0 Å². The summed E-state index contributed by atoms with van der Waals surface area (Å²) in [4.78, 5) is 23.6. The van der Waals surface area contributed by atoms with Gasteiger partial charge in [0.25, 0.3) is 0 Å². The van der Waals surface area contributed by atoms with Crippen LogP contribution < -0.4 is 10.1 Å². The van der Waals surface area contributed by atoms with Crippen LogP contribution in [0.1, 0.15) is 23.0 Å². The number of halogens is 3. The lowest BCUT2D eigenvalue weighted by Gasteiger charge is -2.10. The lowest BCUT2D eigenvalue weighted by atomic mass is 10.2. The van der Waals surface area contributed by atoms with Crippen LogP contribution >= 0.6 is 0 Å². The number of nitrogens with one attached hydrogen (secondary N) is 1. The molecular weight excluding hydrogens is 375 g/mol. The lowest BCUT2D eigenvalue weighted by molar-refractivity contribution is -0.141. The molecule has 0 aliphatic rings. The van der Waals surface area contributed by atoms with Gasteiger partial charge in [-0.15, -0.1) is 0 Å². The molecule has 3 rings (SSSR count). The Morgan fingerprint density at radius 3 is 2.32 bits per heavy atom. The lowest BCUT2D eigenvalue weighted by Crippen LogP contribution is -2.12. The van der Waals surface area contributed by atoms with Crippen molar-refractivity contribution in [3.8, 4) is 11.4 Å². The topological polar surface area (TPSA) is 73.2 Å². The Kier molecular flexibility index (Phi) is 5.16. The third-order valence-electron chi connectivity index (χ3n) is 3.65. The average Bonchev–Trinajstić information content (AvgIpc) is 3.14. The summed E-state index contributed by atoms with van der Waals surface area (Å²) in [5, 5.41) is 6.02. The summed E-state index contributed by atoms with van der Waals surface area (Å²) in [6.07, 6.45) is -3.35. The number of rotatable bonds is 4. The van der Waals surface area contributed by atoms with Gasteiger partial charge in [0.05, 0.1) is 16.9 Å². The van der Waals surface area contributed by atoms with Crippen LogP contribution in [-0.2, 0) is 11.0 Å². The largest absolute Gasteiger partial charge is 0.435 e. The van der Waals surface area contributed by atoms with Gasteiger partial charge in [-0.2, -0.15) is 18.3 Å². The maximum Gasteiger partial charge on any atom is 0.435 e. The highest BCUT2D eigenvalue weighted by molar-refractivity contribution is 5.94. The van der Waals surface area contributed by atoms with Crippen LogP contribution in [0.5, 0.6) is 5.75 Å². The van der Waals surface area contributed by atoms with Crippen LogP contribution in [0.15, 0.2) is 60.8 Å². The van der Waals surface area contributed by atoms with E-state index >= 15 is 0 Å². The summed E-state index contributed by atoms with van der Waals surface area (Å²) in [6, 6.07) is 13.0. The van der Waals surface area contributed by atoms with E-state index in [4.69, 9.17) is 4.74 Å². The summed E-state index contributed by atoms with van der Waals surface area (Å²) in [5.41, 5.74) is -0.128. The van der Waals surface area contributed by atoms with Gasteiger partial charge in [0.1, 0.15) is 0 Å². The quantitative estimate of drug-likeness (QED) is 0.539. The molecule has 0 aliphatic carbocycles. The molecule has 6 nitrogen and oxygen atoms in total. The summed E-state index contributed by atoms with van der Waals surface area (Å²) < 4.78 is 44.3. The maximum absolute atomic E-state index is 12.6. The van der Waals surface area contributed by atoms with Crippen LogP contribution in [0.3, 0.4) is 0 Å². The first-order chi connectivity index (χ1) is 13.2. The molecule has 0 fully saturated rings. The number of carbonyl (C=O) groups excluding carboxylic acids is 2. The molecule has 0 saturated heterocycles. The second-order valence-corrected chi connectivity index (χ2v) is 5.76. The molecule has 0 unspecified atom stereocenters. The van der Waals surface area contributed by atoms with Crippen LogP contribution in [0.25, 0.3) is 5.69 Å². The van der Waals surface area contributed by atoms with Gasteiger partial charge >= 0.3 is 12.1 Å². The van der Waals surface area contributed by atoms with Crippen molar-refractivity contribution < 1.29 is 27.5 Å². The van der Waals surface area contributed by atoms with Crippen molar-refractivity contribution in [2.24, 2.45) is 0 Å². The van der Waals surface area contributed by atoms with Crippen molar-refractivity contribution in [2.75, 3.05) is 5.32 Å². The standard InChI is InChI=1S/C19H14F3N3O3/c1-12(26)23-15-4-2-3-5-16(15)28-18(27)13-6-8-14(9-7-13)25-11-10-17(24-25)19(20,21)22/h2-11H,1H3,(H,23,26). The third-order valence-corrected chi connectivity index (χ3v) is 3.65. The van der Waals surface area contributed by atoms with E-state index in [1.807, 2.05) is 0 Å². The molecule has 0 radical (unpaired) electrons. The highest BCUT2D eigenvalue weighted by atomic mass is 19.4. The molecule has 1 heterocycles. The Morgan fingerprint density at radius 2 is 1.71 bits per heavy atom.